The summed E-state index contributed by atoms with van der Waals surface area (Å²) in [5.74, 6) is 0.0352. The number of nitrogens with zero attached hydrogens (tertiary/aromatic N) is 2. The first-order valence-electron chi connectivity index (χ1n) is 7.82. The van der Waals surface area contributed by atoms with Crippen molar-refractivity contribution in [3.05, 3.63) is 35.9 Å². The Morgan fingerprint density at radius 1 is 1.23 bits per heavy atom. The van der Waals surface area contributed by atoms with Crippen molar-refractivity contribution in [3.8, 4) is 0 Å². The van der Waals surface area contributed by atoms with E-state index < -0.39 is 0 Å². The molecule has 6 nitrogen and oxygen atoms in total. The third-order valence-corrected chi connectivity index (χ3v) is 4.31. The van der Waals surface area contributed by atoms with Gasteiger partial charge in [0.2, 0.25) is 5.91 Å². The van der Waals surface area contributed by atoms with Gasteiger partial charge < -0.3 is 15.5 Å². The Labute approximate surface area is 130 Å². The summed E-state index contributed by atoms with van der Waals surface area (Å²) in [7, 11) is 0. The molecule has 22 heavy (non-hydrogen) atoms. The molecule has 2 heterocycles. The van der Waals surface area contributed by atoms with E-state index in [0.717, 1.165) is 19.5 Å². The molecule has 0 radical (unpaired) electrons. The number of benzene rings is 1. The van der Waals surface area contributed by atoms with Gasteiger partial charge in [0.1, 0.15) is 6.04 Å². The highest BCUT2D eigenvalue weighted by molar-refractivity contribution is 5.84. The second kappa shape index (κ2) is 6.79. The van der Waals surface area contributed by atoms with Crippen molar-refractivity contribution in [3.63, 3.8) is 0 Å². The minimum absolute atomic E-state index is 0.0352. The van der Waals surface area contributed by atoms with E-state index in [4.69, 9.17) is 0 Å². The summed E-state index contributed by atoms with van der Waals surface area (Å²) in [4.78, 5) is 28.0. The second-order valence-corrected chi connectivity index (χ2v) is 5.76. The molecule has 1 aromatic carbocycles. The Morgan fingerprint density at radius 3 is 2.86 bits per heavy atom. The molecule has 0 spiro atoms. The number of piperazine rings is 2. The van der Waals surface area contributed by atoms with Crippen molar-refractivity contribution < 1.29 is 9.59 Å². The van der Waals surface area contributed by atoms with Crippen LogP contribution in [0.3, 0.4) is 0 Å². The van der Waals surface area contributed by atoms with E-state index in [1.807, 2.05) is 18.2 Å². The highest BCUT2D eigenvalue weighted by Gasteiger charge is 2.36. The van der Waals surface area contributed by atoms with Gasteiger partial charge in [0.15, 0.2) is 0 Å². The van der Waals surface area contributed by atoms with Crippen LogP contribution in [0, 0.1) is 0 Å². The van der Waals surface area contributed by atoms with Crippen LogP contribution in [0.5, 0.6) is 0 Å². The minimum Gasteiger partial charge on any atom is -0.353 e. The van der Waals surface area contributed by atoms with Gasteiger partial charge >= 0.3 is 6.03 Å². The number of rotatable bonds is 3. The Balaban J connectivity index is 1.47. The number of hydrogen-bond acceptors (Lipinski definition) is 3. The van der Waals surface area contributed by atoms with Crippen molar-refractivity contribution in [2.45, 2.75) is 12.5 Å². The lowest BCUT2D eigenvalue weighted by Gasteiger charge is -2.42. The average Bonchev–Trinajstić information content (AvgIpc) is 2.56. The molecule has 2 aliphatic heterocycles. The van der Waals surface area contributed by atoms with Crippen LogP contribution in [0.2, 0.25) is 0 Å². The highest BCUT2D eigenvalue weighted by atomic mass is 16.2. The molecule has 0 unspecified atom stereocenters. The molecule has 0 saturated carbocycles. The Kier molecular flexibility index (Phi) is 4.58. The zero-order valence-corrected chi connectivity index (χ0v) is 12.6. The van der Waals surface area contributed by atoms with Crippen LogP contribution in [0.15, 0.2) is 30.3 Å². The lowest BCUT2D eigenvalue weighted by Crippen LogP contribution is -2.65. The van der Waals surface area contributed by atoms with Crippen molar-refractivity contribution in [2.24, 2.45) is 0 Å². The smallest absolute Gasteiger partial charge is 0.317 e. The van der Waals surface area contributed by atoms with Gasteiger partial charge in [-0.15, -0.1) is 0 Å². The largest absolute Gasteiger partial charge is 0.353 e. The van der Waals surface area contributed by atoms with Gasteiger partial charge in [0, 0.05) is 39.3 Å². The van der Waals surface area contributed by atoms with Crippen LogP contribution >= 0.6 is 0 Å². The maximum Gasteiger partial charge on any atom is 0.317 e. The Bertz CT molecular complexity index is 534. The van der Waals surface area contributed by atoms with Gasteiger partial charge in [-0.05, 0) is 12.0 Å². The van der Waals surface area contributed by atoms with Gasteiger partial charge in [-0.3, -0.25) is 9.69 Å². The molecule has 1 aromatic rings. The van der Waals surface area contributed by atoms with Crippen molar-refractivity contribution in [1.82, 2.24) is 20.4 Å². The molecule has 0 aliphatic carbocycles. The second-order valence-electron chi connectivity index (χ2n) is 5.76. The van der Waals surface area contributed by atoms with Gasteiger partial charge in [-0.1, -0.05) is 30.3 Å². The number of carbonyl (C=O) groups is 2. The molecule has 1 atom stereocenters. The number of urea groups is 1. The first-order valence-corrected chi connectivity index (χ1v) is 7.82. The zero-order chi connectivity index (χ0) is 15.4. The molecule has 3 rings (SSSR count). The maximum atomic E-state index is 12.2. The quantitative estimate of drug-likeness (QED) is 0.829. The van der Waals surface area contributed by atoms with Crippen molar-refractivity contribution >= 4 is 11.9 Å². The van der Waals surface area contributed by atoms with Gasteiger partial charge in [0.05, 0.1) is 0 Å². The van der Waals surface area contributed by atoms with E-state index in [9.17, 15) is 9.59 Å². The van der Waals surface area contributed by atoms with Crippen LogP contribution in [0.25, 0.3) is 0 Å². The van der Waals surface area contributed by atoms with Crippen LogP contribution in [-0.2, 0) is 11.2 Å². The molecule has 118 valence electrons. The molecule has 2 fully saturated rings. The third-order valence-electron chi connectivity index (χ3n) is 4.31. The molecule has 0 bridgehead atoms. The first kappa shape index (κ1) is 14.8. The summed E-state index contributed by atoms with van der Waals surface area (Å²) in [6, 6.07) is 9.82. The maximum absolute atomic E-state index is 12.2. The zero-order valence-electron chi connectivity index (χ0n) is 12.6. The van der Waals surface area contributed by atoms with Crippen molar-refractivity contribution in [2.75, 3.05) is 39.3 Å². The number of fused-ring (bicyclic) bond motifs is 1. The van der Waals surface area contributed by atoms with Gasteiger partial charge in [-0.2, -0.15) is 0 Å². The van der Waals surface area contributed by atoms with Crippen LogP contribution < -0.4 is 10.6 Å². The normalized spacial score (nSPS) is 21.9. The van der Waals surface area contributed by atoms with Crippen molar-refractivity contribution in [1.29, 1.82) is 0 Å². The summed E-state index contributed by atoms with van der Waals surface area (Å²) in [5.41, 5.74) is 1.21. The Hall–Kier alpha value is -2.08. The lowest BCUT2D eigenvalue weighted by atomic mass is 10.1. The standard InChI is InChI=1S/C16H22N4O2/c21-15-14-12-20(11-10-19(14)9-8-17-15)16(22)18-7-6-13-4-2-1-3-5-13/h1-5,14H,6-12H2,(H,17,21)(H,18,22)/t14-/m1/s1. The van der Waals surface area contributed by atoms with Gasteiger partial charge in [-0.25, -0.2) is 4.79 Å². The monoisotopic (exact) mass is 302 g/mol. The van der Waals surface area contributed by atoms with Crippen LogP contribution in [0.1, 0.15) is 5.56 Å². The summed E-state index contributed by atoms with van der Waals surface area (Å²) in [6.45, 7) is 4.12. The molecule has 2 N–H and O–H groups in total. The molecular formula is C16H22N4O2. The SMILES string of the molecule is O=C1NCCN2CCN(C(=O)NCCc3ccccc3)C[C@H]12. The summed E-state index contributed by atoms with van der Waals surface area (Å²) >= 11 is 0. The molecule has 2 aliphatic rings. The van der Waals surface area contributed by atoms with Crippen LogP contribution in [0.4, 0.5) is 4.79 Å². The van der Waals surface area contributed by atoms with E-state index in [0.29, 0.717) is 26.2 Å². The van der Waals surface area contributed by atoms with E-state index >= 15 is 0 Å². The third kappa shape index (κ3) is 3.39. The predicted octanol–water partition coefficient (Wildman–Crippen LogP) is 0.0547. The molecular weight excluding hydrogens is 280 g/mol. The fourth-order valence-electron chi connectivity index (χ4n) is 3.03. The highest BCUT2D eigenvalue weighted by Crippen LogP contribution is 2.12. The topological polar surface area (TPSA) is 64.7 Å². The molecule has 3 amide bonds. The molecule has 2 saturated heterocycles. The lowest BCUT2D eigenvalue weighted by molar-refractivity contribution is -0.131. The number of amides is 3. The summed E-state index contributed by atoms with van der Waals surface area (Å²) in [5, 5.41) is 5.81. The van der Waals surface area contributed by atoms with E-state index in [1.54, 1.807) is 4.90 Å². The van der Waals surface area contributed by atoms with Gasteiger partial charge in [0.25, 0.3) is 0 Å². The summed E-state index contributed by atoms with van der Waals surface area (Å²) in [6.07, 6.45) is 0.816. The Morgan fingerprint density at radius 2 is 2.05 bits per heavy atom. The van der Waals surface area contributed by atoms with E-state index in [1.165, 1.54) is 5.56 Å². The summed E-state index contributed by atoms with van der Waals surface area (Å²) < 4.78 is 0. The fraction of sp³-hybridized carbons (Fsp3) is 0.500. The van der Waals surface area contributed by atoms with E-state index in [-0.39, 0.29) is 18.0 Å². The first-order chi connectivity index (χ1) is 10.7. The van der Waals surface area contributed by atoms with Crippen LogP contribution in [-0.4, -0.2) is 67.0 Å². The average molecular weight is 302 g/mol. The molecule has 0 aromatic heterocycles. The minimum atomic E-state index is -0.192. The predicted molar refractivity (Wildman–Crippen MR) is 83.5 cm³/mol. The fourth-order valence-corrected chi connectivity index (χ4v) is 3.03. The number of hydrogen-bond donors (Lipinski definition) is 2. The number of nitrogens with one attached hydrogen (secondary N) is 2. The molecule has 6 heteroatoms. The van der Waals surface area contributed by atoms with E-state index in [2.05, 4.69) is 27.7 Å². The number of carbonyl (C=O) groups excluding carboxylic acids is 2.